The van der Waals surface area contributed by atoms with E-state index in [1.165, 1.54) is 0 Å². The minimum atomic E-state index is 0. The second kappa shape index (κ2) is 3.44. The zero-order valence-electron chi connectivity index (χ0n) is 4.76. The molecule has 0 unspecified atom stereocenters. The molecule has 0 aliphatic rings. The van der Waals surface area contributed by atoms with E-state index in [4.69, 9.17) is 6.42 Å². The molecule has 1 heterocycles. The van der Waals surface area contributed by atoms with Crippen LogP contribution in [0.2, 0.25) is 0 Å². The van der Waals surface area contributed by atoms with Gasteiger partial charge in [0.25, 0.3) is 0 Å². The van der Waals surface area contributed by atoms with Crippen LogP contribution in [0.3, 0.4) is 0 Å². The predicted octanol–water partition coefficient (Wildman–Crippen LogP) is -2.11. The third kappa shape index (κ3) is 1.50. The summed E-state index contributed by atoms with van der Waals surface area (Å²) in [6.45, 7) is 0. The van der Waals surface area contributed by atoms with Crippen molar-refractivity contribution in [1.29, 1.82) is 0 Å². The van der Waals surface area contributed by atoms with E-state index in [-0.39, 0.29) is 18.9 Å². The van der Waals surface area contributed by atoms with Crippen molar-refractivity contribution in [1.82, 2.24) is 4.57 Å². The van der Waals surface area contributed by atoms with Gasteiger partial charge >= 0.3 is 18.9 Å². The Bertz CT molecular complexity index is 171. The molecule has 1 nitrogen and oxygen atoms in total. The maximum atomic E-state index is 6.57. The van der Waals surface area contributed by atoms with Crippen molar-refractivity contribution in [2.24, 2.45) is 0 Å². The van der Waals surface area contributed by atoms with E-state index in [2.05, 4.69) is 6.04 Å². The maximum Gasteiger partial charge on any atom is 1.00 e. The van der Waals surface area contributed by atoms with Gasteiger partial charge in [0.2, 0.25) is 0 Å². The van der Waals surface area contributed by atoms with Crippen molar-refractivity contribution in [3.05, 3.63) is 30.9 Å². The molecule has 0 saturated carbocycles. The Balaban J connectivity index is 0.000000490. The number of hydrogen-bond donors (Lipinski definition) is 0. The first kappa shape index (κ1) is 7.44. The van der Waals surface area contributed by atoms with Crippen LogP contribution in [0, 0.1) is 12.5 Å². The quantitative estimate of drug-likeness (QED) is 0.198. The summed E-state index contributed by atoms with van der Waals surface area (Å²) in [4.78, 5) is 0. The summed E-state index contributed by atoms with van der Waals surface area (Å²) >= 11 is 0. The molecule has 8 heavy (non-hydrogen) atoms. The van der Waals surface area contributed by atoms with E-state index in [1.54, 1.807) is 17.0 Å². The minimum Gasteiger partial charge on any atom is -0.669 e. The van der Waals surface area contributed by atoms with Crippen LogP contribution in [-0.4, -0.2) is 4.57 Å². The molecular weight excluding hydrogens is 93.0 g/mol. The molecule has 0 N–H and O–H groups in total. The summed E-state index contributed by atoms with van der Waals surface area (Å²) in [6.07, 6.45) is 10.1. The molecule has 0 aromatic carbocycles. The molecule has 0 aliphatic heterocycles. The fourth-order valence-electron chi connectivity index (χ4n) is 0.409. The van der Waals surface area contributed by atoms with Gasteiger partial charge in [-0.15, -0.1) is 0 Å². The van der Waals surface area contributed by atoms with Gasteiger partial charge in [-0.05, 0) is 12.1 Å². The second-order valence-corrected chi connectivity index (χ2v) is 1.20. The van der Waals surface area contributed by atoms with Crippen molar-refractivity contribution in [2.75, 3.05) is 0 Å². The zero-order chi connectivity index (χ0) is 5.11. The van der Waals surface area contributed by atoms with Crippen LogP contribution in [0.15, 0.2) is 24.5 Å². The summed E-state index contributed by atoms with van der Waals surface area (Å²) in [5, 5.41) is 0. The summed E-state index contributed by atoms with van der Waals surface area (Å²) in [6, 6.07) is 5.87. The normalized spacial score (nSPS) is 6.88. The first-order valence-corrected chi connectivity index (χ1v) is 1.99. The molecule has 34 valence electrons. The monoisotopic (exact) mass is 97.1 g/mol. The molecule has 2 heteroatoms. The molecule has 0 aliphatic carbocycles. The van der Waals surface area contributed by atoms with Gasteiger partial charge in [-0.25, -0.2) is 6.04 Å². The molecule has 1 aromatic heterocycles. The molecule has 0 spiro atoms. The van der Waals surface area contributed by atoms with Crippen molar-refractivity contribution in [3.8, 4) is 6.04 Å². The Morgan fingerprint density at radius 3 is 2.00 bits per heavy atom. The van der Waals surface area contributed by atoms with Crippen LogP contribution in [0.25, 0.3) is 0 Å². The molecule has 0 fully saturated rings. The first-order chi connectivity index (χ1) is 3.43. The van der Waals surface area contributed by atoms with Gasteiger partial charge < -0.3 is 11.0 Å². The standard InChI is InChI=1S/C6H4N.Li/c1-2-7-5-3-4-6-7;/h3-6H;/q-1;+1. The predicted molar refractivity (Wildman–Crippen MR) is 27.0 cm³/mol. The van der Waals surface area contributed by atoms with Gasteiger partial charge in [0.05, 0.1) is 0 Å². The van der Waals surface area contributed by atoms with E-state index in [9.17, 15) is 0 Å². The third-order valence-corrected chi connectivity index (χ3v) is 0.734. The third-order valence-electron chi connectivity index (χ3n) is 0.734. The van der Waals surface area contributed by atoms with Crippen molar-refractivity contribution < 1.29 is 18.9 Å². The molecular formula is C6H4LiN. The SMILES string of the molecule is [C-]#Cn1cccc1.[Li+]. The Morgan fingerprint density at radius 1 is 1.25 bits per heavy atom. The molecule has 1 aromatic rings. The smallest absolute Gasteiger partial charge is 0.669 e. The van der Waals surface area contributed by atoms with E-state index >= 15 is 0 Å². The Kier molecular flexibility index (Phi) is 3.20. The summed E-state index contributed by atoms with van der Waals surface area (Å²) in [7, 11) is 0. The summed E-state index contributed by atoms with van der Waals surface area (Å²) < 4.78 is 1.54. The van der Waals surface area contributed by atoms with E-state index < -0.39 is 0 Å². The van der Waals surface area contributed by atoms with Crippen LogP contribution >= 0.6 is 0 Å². The van der Waals surface area contributed by atoms with Gasteiger partial charge in [0.1, 0.15) is 0 Å². The molecule has 0 amide bonds. The van der Waals surface area contributed by atoms with Gasteiger partial charge in [-0.3, -0.25) is 0 Å². The van der Waals surface area contributed by atoms with Gasteiger partial charge in [-0.2, -0.15) is 0 Å². The molecule has 0 radical (unpaired) electrons. The fourth-order valence-corrected chi connectivity index (χ4v) is 0.409. The van der Waals surface area contributed by atoms with Crippen LogP contribution in [0.4, 0.5) is 0 Å². The van der Waals surface area contributed by atoms with E-state index in [1.807, 2.05) is 12.1 Å². The van der Waals surface area contributed by atoms with Crippen molar-refractivity contribution >= 4 is 0 Å². The fraction of sp³-hybridized carbons (Fsp3) is 0. The summed E-state index contributed by atoms with van der Waals surface area (Å²) in [5.41, 5.74) is 0. The van der Waals surface area contributed by atoms with Gasteiger partial charge in [0.15, 0.2) is 0 Å². The first-order valence-electron chi connectivity index (χ1n) is 1.99. The average molecular weight is 97.0 g/mol. The Hall–Kier alpha value is -0.563. The van der Waals surface area contributed by atoms with Crippen molar-refractivity contribution in [2.45, 2.75) is 0 Å². The number of nitrogens with zero attached hydrogens (tertiary/aromatic N) is 1. The van der Waals surface area contributed by atoms with Crippen LogP contribution < -0.4 is 18.9 Å². The largest absolute Gasteiger partial charge is 1.00 e. The molecule has 0 bridgehead atoms. The summed E-state index contributed by atoms with van der Waals surface area (Å²) in [5.74, 6) is 0. The Labute approximate surface area is 60.9 Å². The van der Waals surface area contributed by atoms with Crippen LogP contribution in [0.5, 0.6) is 0 Å². The number of hydrogen-bond acceptors (Lipinski definition) is 0. The van der Waals surface area contributed by atoms with Crippen LogP contribution in [-0.2, 0) is 0 Å². The average Bonchev–Trinajstić information content (AvgIpc) is 2.14. The van der Waals surface area contributed by atoms with Crippen molar-refractivity contribution in [3.63, 3.8) is 0 Å². The molecule has 0 saturated heterocycles. The van der Waals surface area contributed by atoms with Crippen LogP contribution in [0.1, 0.15) is 0 Å². The van der Waals surface area contributed by atoms with Gasteiger partial charge in [-0.1, -0.05) is 0 Å². The molecule has 1 rings (SSSR count). The number of rotatable bonds is 0. The maximum absolute atomic E-state index is 6.57. The number of aromatic nitrogens is 1. The second-order valence-electron chi connectivity index (χ2n) is 1.20. The molecule has 0 atom stereocenters. The zero-order valence-corrected chi connectivity index (χ0v) is 4.76. The topological polar surface area (TPSA) is 4.93 Å². The van der Waals surface area contributed by atoms with E-state index in [0.717, 1.165) is 0 Å². The minimum absolute atomic E-state index is 0. The Morgan fingerprint density at radius 2 is 1.75 bits per heavy atom. The van der Waals surface area contributed by atoms with Gasteiger partial charge in [0, 0.05) is 12.4 Å². The van der Waals surface area contributed by atoms with E-state index in [0.29, 0.717) is 0 Å².